The smallest absolute Gasteiger partial charge is 0.311 e. The first-order valence-electron chi connectivity index (χ1n) is 6.07. The molecule has 0 saturated carbocycles. The van der Waals surface area contributed by atoms with Crippen molar-refractivity contribution in [2.75, 3.05) is 13.7 Å². The molecule has 1 atom stereocenters. The quantitative estimate of drug-likeness (QED) is 0.815. The summed E-state index contributed by atoms with van der Waals surface area (Å²) in [4.78, 5) is 11.3. The molecular formula is C14H21NO3. The van der Waals surface area contributed by atoms with Crippen molar-refractivity contribution < 1.29 is 14.6 Å². The maximum absolute atomic E-state index is 11.3. The standard InChI is InChI=1S/C14H21NO3/c1-5-18-11-8-6-10(7-9-11)12(15-4)14(2,3)13(16)17/h6-9,12,15H,5H2,1-4H3,(H,16,17). The van der Waals surface area contributed by atoms with Crippen LogP contribution in [0.4, 0.5) is 0 Å². The molecule has 4 nitrogen and oxygen atoms in total. The highest BCUT2D eigenvalue weighted by atomic mass is 16.5. The van der Waals surface area contributed by atoms with Gasteiger partial charge in [-0.05, 0) is 45.5 Å². The minimum Gasteiger partial charge on any atom is -0.494 e. The average molecular weight is 251 g/mol. The molecule has 100 valence electrons. The largest absolute Gasteiger partial charge is 0.494 e. The number of ether oxygens (including phenoxy) is 1. The van der Waals surface area contributed by atoms with Crippen LogP contribution in [-0.4, -0.2) is 24.7 Å². The van der Waals surface area contributed by atoms with E-state index in [9.17, 15) is 9.90 Å². The molecule has 0 spiro atoms. The van der Waals surface area contributed by atoms with Crippen LogP contribution < -0.4 is 10.1 Å². The molecule has 0 heterocycles. The number of benzene rings is 1. The van der Waals surface area contributed by atoms with E-state index in [1.165, 1.54) is 0 Å². The van der Waals surface area contributed by atoms with Crippen molar-refractivity contribution in [1.82, 2.24) is 5.32 Å². The Morgan fingerprint density at radius 3 is 2.33 bits per heavy atom. The Hall–Kier alpha value is -1.55. The highest BCUT2D eigenvalue weighted by Crippen LogP contribution is 2.34. The van der Waals surface area contributed by atoms with E-state index in [2.05, 4.69) is 5.32 Å². The first-order chi connectivity index (χ1) is 8.43. The molecule has 0 saturated heterocycles. The molecular weight excluding hydrogens is 230 g/mol. The normalized spacial score (nSPS) is 13.1. The third-order valence-corrected chi connectivity index (χ3v) is 3.09. The van der Waals surface area contributed by atoms with Gasteiger partial charge in [-0.15, -0.1) is 0 Å². The SMILES string of the molecule is CCOc1ccc(C(NC)C(C)(C)C(=O)O)cc1. The molecule has 0 aliphatic carbocycles. The van der Waals surface area contributed by atoms with Crippen LogP contribution in [-0.2, 0) is 4.79 Å². The van der Waals surface area contributed by atoms with Crippen molar-refractivity contribution in [3.63, 3.8) is 0 Å². The van der Waals surface area contributed by atoms with Gasteiger partial charge in [0.15, 0.2) is 0 Å². The molecule has 1 rings (SSSR count). The Morgan fingerprint density at radius 1 is 1.39 bits per heavy atom. The zero-order valence-electron chi connectivity index (χ0n) is 11.4. The van der Waals surface area contributed by atoms with Crippen molar-refractivity contribution in [2.45, 2.75) is 26.8 Å². The van der Waals surface area contributed by atoms with Crippen molar-refractivity contribution >= 4 is 5.97 Å². The third kappa shape index (κ3) is 3.01. The van der Waals surface area contributed by atoms with Crippen LogP contribution in [0.25, 0.3) is 0 Å². The molecule has 18 heavy (non-hydrogen) atoms. The molecule has 0 bridgehead atoms. The second kappa shape index (κ2) is 5.87. The fourth-order valence-corrected chi connectivity index (χ4v) is 1.99. The number of hydrogen-bond donors (Lipinski definition) is 2. The van der Waals surface area contributed by atoms with E-state index in [1.54, 1.807) is 20.9 Å². The van der Waals surface area contributed by atoms with Crippen molar-refractivity contribution in [1.29, 1.82) is 0 Å². The lowest BCUT2D eigenvalue weighted by Crippen LogP contribution is -2.38. The summed E-state index contributed by atoms with van der Waals surface area (Å²) in [6.07, 6.45) is 0. The molecule has 2 N–H and O–H groups in total. The minimum absolute atomic E-state index is 0.245. The van der Waals surface area contributed by atoms with Gasteiger partial charge < -0.3 is 15.2 Å². The van der Waals surface area contributed by atoms with Crippen molar-refractivity contribution in [2.24, 2.45) is 5.41 Å². The predicted octanol–water partition coefficient (Wildman–Crippen LogP) is 2.46. The van der Waals surface area contributed by atoms with Gasteiger partial charge in [-0.2, -0.15) is 0 Å². The maximum Gasteiger partial charge on any atom is 0.311 e. The van der Waals surface area contributed by atoms with E-state index in [0.29, 0.717) is 6.61 Å². The minimum atomic E-state index is -0.873. The molecule has 0 amide bonds. The summed E-state index contributed by atoms with van der Waals surface area (Å²) in [6.45, 7) is 5.98. The first-order valence-corrected chi connectivity index (χ1v) is 6.07. The fourth-order valence-electron chi connectivity index (χ4n) is 1.99. The molecule has 0 radical (unpaired) electrons. The number of rotatable bonds is 6. The van der Waals surface area contributed by atoms with Crippen molar-refractivity contribution in [3.05, 3.63) is 29.8 Å². The Balaban J connectivity index is 2.99. The Kier molecular flexibility index (Phi) is 4.73. The van der Waals surface area contributed by atoms with Crippen LogP contribution in [0, 0.1) is 5.41 Å². The van der Waals surface area contributed by atoms with Gasteiger partial charge in [-0.1, -0.05) is 12.1 Å². The topological polar surface area (TPSA) is 58.6 Å². The zero-order chi connectivity index (χ0) is 13.8. The fraction of sp³-hybridized carbons (Fsp3) is 0.500. The number of carboxylic acid groups (broad SMARTS) is 1. The van der Waals surface area contributed by atoms with Gasteiger partial charge in [0.25, 0.3) is 0 Å². The number of carboxylic acids is 1. The molecule has 0 fully saturated rings. The highest BCUT2D eigenvalue weighted by molar-refractivity contribution is 5.75. The summed E-state index contributed by atoms with van der Waals surface area (Å²) >= 11 is 0. The molecule has 4 heteroatoms. The average Bonchev–Trinajstić information content (AvgIpc) is 2.32. The monoisotopic (exact) mass is 251 g/mol. The van der Waals surface area contributed by atoms with Crippen LogP contribution >= 0.6 is 0 Å². The van der Waals surface area contributed by atoms with Gasteiger partial charge in [0, 0.05) is 6.04 Å². The van der Waals surface area contributed by atoms with Crippen LogP contribution in [0.15, 0.2) is 24.3 Å². The zero-order valence-corrected chi connectivity index (χ0v) is 11.4. The number of hydrogen-bond acceptors (Lipinski definition) is 3. The van der Waals surface area contributed by atoms with E-state index in [1.807, 2.05) is 31.2 Å². The van der Waals surface area contributed by atoms with E-state index >= 15 is 0 Å². The molecule has 1 aromatic carbocycles. The number of carbonyl (C=O) groups is 1. The molecule has 0 aromatic heterocycles. The Bertz CT molecular complexity index is 398. The van der Waals surface area contributed by atoms with Gasteiger partial charge in [0.2, 0.25) is 0 Å². The van der Waals surface area contributed by atoms with E-state index in [-0.39, 0.29) is 6.04 Å². The van der Waals surface area contributed by atoms with Crippen LogP contribution in [0.2, 0.25) is 0 Å². The molecule has 0 aliphatic heterocycles. The Labute approximate surface area is 108 Å². The Morgan fingerprint density at radius 2 is 1.94 bits per heavy atom. The molecule has 0 aliphatic rings. The van der Waals surface area contributed by atoms with Crippen LogP contribution in [0.3, 0.4) is 0 Å². The summed E-state index contributed by atoms with van der Waals surface area (Å²) in [5, 5.41) is 12.3. The second-order valence-corrected chi connectivity index (χ2v) is 4.75. The third-order valence-electron chi connectivity index (χ3n) is 3.09. The lowest BCUT2D eigenvalue weighted by molar-refractivity contribution is -0.148. The number of nitrogens with one attached hydrogen (secondary N) is 1. The van der Waals surface area contributed by atoms with Gasteiger partial charge in [0.1, 0.15) is 5.75 Å². The second-order valence-electron chi connectivity index (χ2n) is 4.75. The van der Waals surface area contributed by atoms with Crippen LogP contribution in [0.1, 0.15) is 32.4 Å². The van der Waals surface area contributed by atoms with Gasteiger partial charge in [-0.25, -0.2) is 0 Å². The first kappa shape index (κ1) is 14.5. The van der Waals surface area contributed by atoms with Crippen molar-refractivity contribution in [3.8, 4) is 5.75 Å². The van der Waals surface area contributed by atoms with Crippen LogP contribution in [0.5, 0.6) is 5.75 Å². The number of aliphatic carboxylic acids is 1. The summed E-state index contributed by atoms with van der Waals surface area (Å²) < 4.78 is 5.37. The summed E-state index contributed by atoms with van der Waals surface area (Å²) in [5.74, 6) is -0.0278. The molecule has 1 unspecified atom stereocenters. The van der Waals surface area contributed by atoms with Gasteiger partial charge >= 0.3 is 5.97 Å². The highest BCUT2D eigenvalue weighted by Gasteiger charge is 2.36. The lowest BCUT2D eigenvalue weighted by Gasteiger charge is -2.30. The van der Waals surface area contributed by atoms with E-state index in [0.717, 1.165) is 11.3 Å². The van der Waals surface area contributed by atoms with E-state index in [4.69, 9.17) is 4.74 Å². The van der Waals surface area contributed by atoms with E-state index < -0.39 is 11.4 Å². The molecule has 1 aromatic rings. The van der Waals surface area contributed by atoms with Gasteiger partial charge in [0.05, 0.1) is 12.0 Å². The predicted molar refractivity (Wildman–Crippen MR) is 70.8 cm³/mol. The van der Waals surface area contributed by atoms with Gasteiger partial charge in [-0.3, -0.25) is 4.79 Å². The lowest BCUT2D eigenvalue weighted by atomic mass is 9.80. The summed E-state index contributed by atoms with van der Waals surface area (Å²) in [7, 11) is 1.77. The summed E-state index contributed by atoms with van der Waals surface area (Å²) in [6, 6.07) is 7.28. The maximum atomic E-state index is 11.3. The summed E-state index contributed by atoms with van der Waals surface area (Å²) in [5.41, 5.74) is 0.0652.